The van der Waals surface area contributed by atoms with E-state index in [0.717, 1.165) is 24.7 Å². The molecule has 0 heterocycles. The van der Waals surface area contributed by atoms with Gasteiger partial charge in [-0.05, 0) is 37.0 Å². The summed E-state index contributed by atoms with van der Waals surface area (Å²) in [6, 6.07) is 0. The van der Waals surface area contributed by atoms with Gasteiger partial charge in [0.1, 0.15) is 0 Å². The number of rotatable bonds is 5. The van der Waals surface area contributed by atoms with Crippen molar-refractivity contribution >= 4 is 11.9 Å². The van der Waals surface area contributed by atoms with Crippen LogP contribution in [0.4, 0.5) is 0 Å². The third-order valence-corrected chi connectivity index (χ3v) is 5.06. The number of carboxylic acid groups (broad SMARTS) is 1. The molecule has 2 rings (SSSR count). The zero-order valence-corrected chi connectivity index (χ0v) is 12.4. The van der Waals surface area contributed by atoms with Gasteiger partial charge in [-0.3, -0.25) is 9.59 Å². The molecule has 0 aliphatic heterocycles. The van der Waals surface area contributed by atoms with Gasteiger partial charge in [-0.25, -0.2) is 0 Å². The predicted molar refractivity (Wildman–Crippen MR) is 77.2 cm³/mol. The van der Waals surface area contributed by atoms with Crippen molar-refractivity contribution in [1.82, 2.24) is 5.32 Å². The van der Waals surface area contributed by atoms with E-state index in [1.807, 2.05) is 6.92 Å². The quantitative estimate of drug-likeness (QED) is 0.814. The van der Waals surface area contributed by atoms with Crippen LogP contribution in [-0.4, -0.2) is 23.5 Å². The number of fused-ring (bicyclic) bond motifs is 1. The molecule has 0 spiro atoms. The molecule has 4 unspecified atom stereocenters. The van der Waals surface area contributed by atoms with E-state index in [2.05, 4.69) is 5.32 Å². The van der Waals surface area contributed by atoms with Gasteiger partial charge in [-0.1, -0.05) is 32.6 Å². The summed E-state index contributed by atoms with van der Waals surface area (Å²) < 4.78 is 0. The average molecular weight is 281 g/mol. The molecule has 2 aliphatic carbocycles. The first-order valence-corrected chi connectivity index (χ1v) is 8.05. The van der Waals surface area contributed by atoms with Gasteiger partial charge >= 0.3 is 5.97 Å². The smallest absolute Gasteiger partial charge is 0.303 e. The highest BCUT2D eigenvalue weighted by atomic mass is 16.4. The lowest BCUT2D eigenvalue weighted by molar-refractivity contribution is -0.138. The van der Waals surface area contributed by atoms with E-state index >= 15 is 0 Å². The van der Waals surface area contributed by atoms with Gasteiger partial charge in [0.2, 0.25) is 5.91 Å². The van der Waals surface area contributed by atoms with Crippen molar-refractivity contribution in [3.05, 3.63) is 0 Å². The summed E-state index contributed by atoms with van der Waals surface area (Å²) in [5.74, 6) is 1.12. The lowest BCUT2D eigenvalue weighted by Crippen LogP contribution is -2.39. The highest BCUT2D eigenvalue weighted by molar-refractivity contribution is 5.78. The van der Waals surface area contributed by atoms with Crippen LogP contribution in [0.15, 0.2) is 0 Å². The van der Waals surface area contributed by atoms with Gasteiger partial charge in [0.15, 0.2) is 0 Å². The fourth-order valence-electron chi connectivity index (χ4n) is 3.90. The Morgan fingerprint density at radius 3 is 2.55 bits per heavy atom. The molecule has 20 heavy (non-hydrogen) atoms. The Labute approximate surface area is 121 Å². The first-order chi connectivity index (χ1) is 9.56. The Balaban J connectivity index is 1.74. The molecule has 0 saturated heterocycles. The van der Waals surface area contributed by atoms with Crippen LogP contribution in [0.2, 0.25) is 0 Å². The van der Waals surface area contributed by atoms with Gasteiger partial charge in [0.25, 0.3) is 0 Å². The molecule has 0 aromatic carbocycles. The maximum Gasteiger partial charge on any atom is 0.303 e. The van der Waals surface area contributed by atoms with Crippen LogP contribution in [0.25, 0.3) is 0 Å². The topological polar surface area (TPSA) is 66.4 Å². The molecular formula is C16H27NO3. The van der Waals surface area contributed by atoms with E-state index in [9.17, 15) is 9.59 Å². The summed E-state index contributed by atoms with van der Waals surface area (Å²) in [7, 11) is 0. The van der Waals surface area contributed by atoms with Crippen LogP contribution in [0, 0.1) is 23.7 Å². The zero-order chi connectivity index (χ0) is 14.5. The molecule has 4 nitrogen and oxygen atoms in total. The highest BCUT2D eigenvalue weighted by Gasteiger charge is 2.34. The molecule has 114 valence electrons. The number of hydrogen-bond acceptors (Lipinski definition) is 2. The SMILES string of the molecule is CC(CNC(=O)C1CCC2CCCCC2C1)CC(=O)O. The Kier molecular flexibility index (Phi) is 5.44. The fourth-order valence-corrected chi connectivity index (χ4v) is 3.90. The van der Waals surface area contributed by atoms with E-state index in [1.54, 1.807) is 0 Å². The molecule has 2 N–H and O–H groups in total. The Bertz CT molecular complexity index is 356. The average Bonchev–Trinajstić information content (AvgIpc) is 2.43. The van der Waals surface area contributed by atoms with Crippen molar-refractivity contribution in [2.24, 2.45) is 23.7 Å². The summed E-state index contributed by atoms with van der Waals surface area (Å²) in [6.07, 6.45) is 8.72. The molecule has 4 atom stereocenters. The molecule has 2 aliphatic rings. The maximum absolute atomic E-state index is 12.2. The van der Waals surface area contributed by atoms with Crippen LogP contribution >= 0.6 is 0 Å². The Hall–Kier alpha value is -1.06. The number of carbonyl (C=O) groups is 2. The van der Waals surface area contributed by atoms with Gasteiger partial charge in [-0.2, -0.15) is 0 Å². The van der Waals surface area contributed by atoms with Crippen molar-refractivity contribution in [1.29, 1.82) is 0 Å². The summed E-state index contributed by atoms with van der Waals surface area (Å²) in [6.45, 7) is 2.35. The van der Waals surface area contributed by atoms with Gasteiger partial charge < -0.3 is 10.4 Å². The van der Waals surface area contributed by atoms with E-state index in [4.69, 9.17) is 5.11 Å². The van der Waals surface area contributed by atoms with E-state index in [1.165, 1.54) is 32.1 Å². The van der Waals surface area contributed by atoms with Crippen molar-refractivity contribution in [2.45, 2.75) is 58.3 Å². The van der Waals surface area contributed by atoms with Gasteiger partial charge in [0.05, 0.1) is 0 Å². The van der Waals surface area contributed by atoms with Crippen molar-refractivity contribution in [3.63, 3.8) is 0 Å². The van der Waals surface area contributed by atoms with Crippen molar-refractivity contribution in [2.75, 3.05) is 6.54 Å². The van der Waals surface area contributed by atoms with Crippen LogP contribution in [0.1, 0.15) is 58.3 Å². The number of carbonyl (C=O) groups excluding carboxylic acids is 1. The first-order valence-electron chi connectivity index (χ1n) is 8.05. The number of aliphatic carboxylic acids is 1. The number of nitrogens with one attached hydrogen (secondary N) is 1. The van der Waals surface area contributed by atoms with Crippen LogP contribution in [-0.2, 0) is 9.59 Å². The second-order valence-corrected chi connectivity index (χ2v) is 6.76. The summed E-state index contributed by atoms with van der Waals surface area (Å²) in [5.41, 5.74) is 0. The molecule has 1 amide bonds. The third-order valence-electron chi connectivity index (χ3n) is 5.06. The van der Waals surface area contributed by atoms with Crippen LogP contribution in [0.3, 0.4) is 0 Å². The Morgan fingerprint density at radius 1 is 1.15 bits per heavy atom. The molecular weight excluding hydrogens is 254 g/mol. The maximum atomic E-state index is 12.2. The van der Waals surface area contributed by atoms with Crippen LogP contribution in [0.5, 0.6) is 0 Å². The Morgan fingerprint density at radius 2 is 1.85 bits per heavy atom. The van der Waals surface area contributed by atoms with Gasteiger partial charge in [0, 0.05) is 18.9 Å². The monoisotopic (exact) mass is 281 g/mol. The molecule has 0 radical (unpaired) electrons. The number of amides is 1. The van der Waals surface area contributed by atoms with Gasteiger partial charge in [-0.15, -0.1) is 0 Å². The molecule has 0 aromatic rings. The van der Waals surface area contributed by atoms with Crippen molar-refractivity contribution < 1.29 is 14.7 Å². The number of hydrogen-bond donors (Lipinski definition) is 2. The molecule has 0 aromatic heterocycles. The second-order valence-electron chi connectivity index (χ2n) is 6.76. The number of carboxylic acids is 1. The standard InChI is InChI=1S/C16H27NO3/c1-11(8-15(18)19)10-17-16(20)14-7-6-12-4-2-3-5-13(12)9-14/h11-14H,2-10H2,1H3,(H,17,20)(H,18,19). The molecule has 2 saturated carbocycles. The highest BCUT2D eigenvalue weighted by Crippen LogP contribution is 2.42. The molecule has 2 fully saturated rings. The van der Waals surface area contributed by atoms with Crippen molar-refractivity contribution in [3.8, 4) is 0 Å². The summed E-state index contributed by atoms with van der Waals surface area (Å²) in [4.78, 5) is 22.8. The minimum atomic E-state index is -0.797. The summed E-state index contributed by atoms with van der Waals surface area (Å²) in [5, 5.41) is 11.7. The second kappa shape index (κ2) is 7.09. The zero-order valence-electron chi connectivity index (χ0n) is 12.4. The largest absolute Gasteiger partial charge is 0.481 e. The van der Waals surface area contributed by atoms with Crippen LogP contribution < -0.4 is 5.32 Å². The fraction of sp³-hybridized carbons (Fsp3) is 0.875. The van der Waals surface area contributed by atoms with E-state index < -0.39 is 5.97 Å². The molecule has 4 heteroatoms. The van der Waals surface area contributed by atoms with E-state index in [-0.39, 0.29) is 24.2 Å². The summed E-state index contributed by atoms with van der Waals surface area (Å²) >= 11 is 0. The minimum Gasteiger partial charge on any atom is -0.481 e. The normalized spacial score (nSPS) is 31.1. The third kappa shape index (κ3) is 4.22. The minimum absolute atomic E-state index is 0.00229. The first kappa shape index (κ1) is 15.3. The molecule has 0 bridgehead atoms. The lowest BCUT2D eigenvalue weighted by Gasteiger charge is -2.38. The lowest BCUT2D eigenvalue weighted by atomic mass is 9.67. The predicted octanol–water partition coefficient (Wildman–Crippen LogP) is 2.82. The van der Waals surface area contributed by atoms with E-state index in [0.29, 0.717) is 6.54 Å².